The maximum absolute atomic E-state index is 10.8. The molecule has 0 atom stereocenters. The van der Waals surface area contributed by atoms with Gasteiger partial charge in [0.25, 0.3) is 10.8 Å². The first-order valence-corrected chi connectivity index (χ1v) is 9.12. The molecular formula is C20H16BrN3O3S. The van der Waals surface area contributed by atoms with E-state index in [4.69, 9.17) is 4.42 Å². The van der Waals surface area contributed by atoms with Crippen molar-refractivity contribution in [2.75, 3.05) is 0 Å². The van der Waals surface area contributed by atoms with E-state index < -0.39 is 4.92 Å². The minimum absolute atomic E-state index is 0. The van der Waals surface area contributed by atoms with Gasteiger partial charge in [-0.1, -0.05) is 29.0 Å². The Kier molecular flexibility index (Phi) is 6.03. The van der Waals surface area contributed by atoms with E-state index in [-0.39, 0.29) is 22.7 Å². The van der Waals surface area contributed by atoms with E-state index in [1.807, 2.05) is 17.4 Å². The highest BCUT2D eigenvalue weighted by Crippen LogP contribution is 2.33. The normalized spacial score (nSPS) is 10.5. The van der Waals surface area contributed by atoms with Crippen molar-refractivity contribution >= 4 is 27.8 Å². The van der Waals surface area contributed by atoms with E-state index in [2.05, 4.69) is 36.2 Å². The lowest BCUT2D eigenvalue weighted by molar-refractivity contribution is -0.478. The van der Waals surface area contributed by atoms with Gasteiger partial charge in [0.05, 0.1) is 16.0 Å². The van der Waals surface area contributed by atoms with Crippen molar-refractivity contribution in [3.05, 3.63) is 82.5 Å². The van der Waals surface area contributed by atoms with Crippen molar-refractivity contribution < 1.29 is 31.6 Å². The van der Waals surface area contributed by atoms with Crippen LogP contribution < -0.4 is 22.3 Å². The standard InChI is InChI=1S/C20H15N3O3S.BrH/c1-13-2-6-15(7-3-13)22-20-21-12-19(27-20)18-11-10-17(26-18)14-4-8-16(9-5-14)23(24)25;/h2-12H,1H3,(H,21,22);1H. The number of aryl methyl sites for hydroxylation is 1. The van der Waals surface area contributed by atoms with Crippen LogP contribution >= 0.6 is 11.3 Å². The zero-order chi connectivity index (χ0) is 18.8. The lowest BCUT2D eigenvalue weighted by Crippen LogP contribution is -3.00. The number of hydrogen-bond donors (Lipinski definition) is 1. The second-order valence-electron chi connectivity index (χ2n) is 6.09. The van der Waals surface area contributed by atoms with Crippen LogP contribution in [0.25, 0.3) is 22.0 Å². The van der Waals surface area contributed by atoms with Gasteiger partial charge >= 0.3 is 0 Å². The van der Waals surface area contributed by atoms with Gasteiger partial charge in [-0.15, -0.1) is 0 Å². The minimum Gasteiger partial charge on any atom is -1.00 e. The van der Waals surface area contributed by atoms with E-state index in [1.54, 1.807) is 29.7 Å². The summed E-state index contributed by atoms with van der Waals surface area (Å²) < 4.78 is 5.92. The second kappa shape index (κ2) is 8.47. The number of halogens is 1. The molecule has 0 spiro atoms. The lowest BCUT2D eigenvalue weighted by atomic mass is 10.1. The summed E-state index contributed by atoms with van der Waals surface area (Å²) in [5.74, 6) is 1.39. The monoisotopic (exact) mass is 457 g/mol. The van der Waals surface area contributed by atoms with Crippen LogP contribution in [0.5, 0.6) is 0 Å². The van der Waals surface area contributed by atoms with Gasteiger partial charge in [0.1, 0.15) is 17.2 Å². The number of nitro benzene ring substituents is 1. The highest BCUT2D eigenvalue weighted by atomic mass is 79.9. The molecule has 6 nitrogen and oxygen atoms in total. The molecule has 0 aliphatic carbocycles. The molecule has 0 bridgehead atoms. The summed E-state index contributed by atoms with van der Waals surface area (Å²) in [5, 5.41) is 13.7. The van der Waals surface area contributed by atoms with Crippen molar-refractivity contribution in [3.8, 4) is 22.0 Å². The first-order chi connectivity index (χ1) is 13.1. The fourth-order valence-corrected chi connectivity index (χ4v) is 3.49. The summed E-state index contributed by atoms with van der Waals surface area (Å²) in [6.45, 7) is 2.06. The number of rotatable bonds is 5. The zero-order valence-electron chi connectivity index (χ0n) is 14.8. The van der Waals surface area contributed by atoms with Crippen molar-refractivity contribution in [2.24, 2.45) is 0 Å². The van der Waals surface area contributed by atoms with E-state index >= 15 is 0 Å². The average molecular weight is 458 g/mol. The van der Waals surface area contributed by atoms with Gasteiger partial charge in [0.15, 0.2) is 0 Å². The summed E-state index contributed by atoms with van der Waals surface area (Å²) >= 11 is 1.55. The number of aromatic nitrogens is 1. The Bertz CT molecular complexity index is 1090. The third-order valence-corrected chi connectivity index (χ3v) is 5.06. The van der Waals surface area contributed by atoms with Crippen LogP contribution in [0.3, 0.4) is 0 Å². The molecule has 4 aromatic rings. The quantitative estimate of drug-likeness (QED) is 0.281. The minimum atomic E-state index is -0.416. The molecule has 142 valence electrons. The lowest BCUT2D eigenvalue weighted by Gasteiger charge is -1.97. The molecule has 0 amide bonds. The summed E-state index contributed by atoms with van der Waals surface area (Å²) in [4.78, 5) is 15.7. The van der Waals surface area contributed by atoms with Gasteiger partial charge in [-0.3, -0.25) is 15.4 Å². The van der Waals surface area contributed by atoms with Gasteiger partial charge in [0.2, 0.25) is 0 Å². The third kappa shape index (κ3) is 4.36. The Labute approximate surface area is 175 Å². The number of quaternary nitrogens is 1. The molecule has 0 unspecified atom stereocenters. The number of nitrogens with two attached hydrogens (primary N) is 1. The fourth-order valence-electron chi connectivity index (χ4n) is 2.65. The molecule has 0 aliphatic rings. The summed E-state index contributed by atoms with van der Waals surface area (Å²) in [5.41, 5.74) is 3.18. The van der Waals surface area contributed by atoms with Crippen LogP contribution in [0.15, 0.2) is 71.3 Å². The number of furan rings is 1. The number of hydrogen-bond acceptors (Lipinski definition) is 5. The number of nitrogens with zero attached hydrogens (tertiary/aromatic N) is 2. The summed E-state index contributed by atoms with van der Waals surface area (Å²) in [6, 6.07) is 18.3. The molecule has 0 radical (unpaired) electrons. The predicted molar refractivity (Wildman–Crippen MR) is 104 cm³/mol. The molecule has 2 heterocycles. The molecule has 8 heteroatoms. The number of non-ortho nitro benzene ring substituents is 1. The Balaban J connectivity index is 0.00000225. The highest BCUT2D eigenvalue weighted by molar-refractivity contribution is 7.18. The molecule has 0 saturated heterocycles. The van der Waals surface area contributed by atoms with Crippen molar-refractivity contribution in [1.29, 1.82) is 0 Å². The van der Waals surface area contributed by atoms with Crippen molar-refractivity contribution in [2.45, 2.75) is 6.92 Å². The molecular weight excluding hydrogens is 442 g/mol. The summed E-state index contributed by atoms with van der Waals surface area (Å²) in [7, 11) is 0. The predicted octanol–water partition coefficient (Wildman–Crippen LogP) is 1.82. The molecule has 0 fully saturated rings. The van der Waals surface area contributed by atoms with Crippen LogP contribution in [0.4, 0.5) is 16.5 Å². The Hall–Kier alpha value is -2.81. The van der Waals surface area contributed by atoms with Gasteiger partial charge < -0.3 is 21.4 Å². The smallest absolute Gasteiger partial charge is 0.288 e. The van der Waals surface area contributed by atoms with Crippen LogP contribution in [-0.2, 0) is 0 Å². The maximum atomic E-state index is 10.8. The summed E-state index contributed by atoms with van der Waals surface area (Å²) in [6.07, 6.45) is 1.79. The number of nitro groups is 1. The Morgan fingerprint density at radius 2 is 1.68 bits per heavy atom. The maximum Gasteiger partial charge on any atom is 0.288 e. The topological polar surface area (TPSA) is 85.8 Å². The Morgan fingerprint density at radius 3 is 2.36 bits per heavy atom. The second-order valence-corrected chi connectivity index (χ2v) is 7.15. The largest absolute Gasteiger partial charge is 1.00 e. The van der Waals surface area contributed by atoms with Crippen LogP contribution in [0.2, 0.25) is 0 Å². The van der Waals surface area contributed by atoms with E-state index in [0.29, 0.717) is 5.76 Å². The van der Waals surface area contributed by atoms with E-state index in [0.717, 1.165) is 27.0 Å². The van der Waals surface area contributed by atoms with E-state index in [9.17, 15) is 10.1 Å². The van der Waals surface area contributed by atoms with Crippen molar-refractivity contribution in [1.82, 2.24) is 4.98 Å². The molecule has 2 aromatic carbocycles. The zero-order valence-corrected chi connectivity index (χ0v) is 17.2. The van der Waals surface area contributed by atoms with E-state index in [1.165, 1.54) is 17.7 Å². The number of thiazole rings is 1. The molecule has 2 N–H and O–H groups in total. The molecule has 4 rings (SSSR count). The van der Waals surface area contributed by atoms with Crippen molar-refractivity contribution in [3.63, 3.8) is 0 Å². The van der Waals surface area contributed by atoms with Gasteiger partial charge in [-0.05, 0) is 43.3 Å². The molecule has 0 saturated carbocycles. The third-order valence-electron chi connectivity index (χ3n) is 4.10. The fraction of sp³-hybridized carbons (Fsp3) is 0.0500. The molecule has 28 heavy (non-hydrogen) atoms. The first kappa shape index (κ1) is 19.9. The first-order valence-electron chi connectivity index (χ1n) is 8.31. The van der Waals surface area contributed by atoms with Crippen LogP contribution in [-0.4, -0.2) is 9.91 Å². The highest BCUT2D eigenvalue weighted by Gasteiger charge is 2.13. The number of benzene rings is 2. The van der Waals surface area contributed by atoms with Gasteiger partial charge in [-0.2, -0.15) is 4.98 Å². The van der Waals surface area contributed by atoms with Crippen LogP contribution in [0.1, 0.15) is 5.56 Å². The SMILES string of the molecule is Cc1ccc([NH2+]c2ncc(-c3ccc(-c4ccc([N+](=O)[O-])cc4)o3)s2)cc1.[Br-]. The molecule has 2 aromatic heterocycles. The molecule has 0 aliphatic heterocycles. The van der Waals surface area contributed by atoms with Gasteiger partial charge in [0, 0.05) is 17.7 Å². The van der Waals surface area contributed by atoms with Crippen LogP contribution in [0, 0.1) is 17.0 Å². The Morgan fingerprint density at radius 1 is 1.00 bits per heavy atom. The van der Waals surface area contributed by atoms with Gasteiger partial charge in [-0.25, -0.2) is 0 Å². The average Bonchev–Trinajstić information content (AvgIpc) is 3.33.